The maximum absolute atomic E-state index is 13.4. The topological polar surface area (TPSA) is 145 Å². The van der Waals surface area contributed by atoms with Gasteiger partial charge in [0.2, 0.25) is 5.75 Å². The zero-order valence-electron chi connectivity index (χ0n) is 23.9. The summed E-state index contributed by atoms with van der Waals surface area (Å²) in [5, 5.41) is 2.86. The number of carbonyl (C=O) groups is 2. The average Bonchev–Trinajstić information content (AvgIpc) is 2.98. The van der Waals surface area contributed by atoms with Crippen molar-refractivity contribution in [2.75, 3.05) is 52.8 Å². The highest BCUT2D eigenvalue weighted by molar-refractivity contribution is 6.06. The molecule has 11 nitrogen and oxygen atoms in total. The highest BCUT2D eigenvalue weighted by Gasteiger charge is 2.23. The van der Waals surface area contributed by atoms with Gasteiger partial charge in [0.25, 0.3) is 11.8 Å². The number of nitrogens with zero attached hydrogens (tertiary/aromatic N) is 3. The number of hydrogen-bond acceptors (Lipinski definition) is 7. The highest BCUT2D eigenvalue weighted by atomic mass is 19.1. The number of nitrogens with one attached hydrogen (secondary N) is 1. The van der Waals surface area contributed by atoms with E-state index in [9.17, 15) is 14.0 Å². The van der Waals surface area contributed by atoms with Crippen molar-refractivity contribution in [2.45, 2.75) is 13.1 Å². The van der Waals surface area contributed by atoms with Crippen molar-refractivity contribution in [3.63, 3.8) is 0 Å². The van der Waals surface area contributed by atoms with Crippen molar-refractivity contribution in [1.29, 1.82) is 0 Å². The van der Waals surface area contributed by atoms with Gasteiger partial charge >= 0.3 is 0 Å². The number of ether oxygens (including phenoxy) is 3. The van der Waals surface area contributed by atoms with E-state index in [0.717, 1.165) is 37.3 Å². The second-order valence-corrected chi connectivity index (χ2v) is 9.72. The number of carbonyl (C=O) groups excluding carboxylic acids is 2. The van der Waals surface area contributed by atoms with E-state index in [1.54, 1.807) is 39.5 Å². The predicted molar refractivity (Wildman–Crippen MR) is 158 cm³/mol. The molecule has 1 aliphatic rings. The van der Waals surface area contributed by atoms with E-state index < -0.39 is 17.6 Å². The van der Waals surface area contributed by atoms with Crippen LogP contribution in [0.4, 0.5) is 10.1 Å². The molecule has 4 rings (SSSR count). The molecule has 0 atom stereocenters. The van der Waals surface area contributed by atoms with Gasteiger partial charge in [-0.3, -0.25) is 19.4 Å². The van der Waals surface area contributed by atoms with E-state index in [1.807, 2.05) is 12.1 Å². The third-order valence-electron chi connectivity index (χ3n) is 6.98. The van der Waals surface area contributed by atoms with E-state index in [4.69, 9.17) is 25.7 Å². The molecule has 2 amide bonds. The van der Waals surface area contributed by atoms with Gasteiger partial charge in [-0.15, -0.1) is 0 Å². The van der Waals surface area contributed by atoms with Crippen molar-refractivity contribution in [3.05, 3.63) is 82.7 Å². The van der Waals surface area contributed by atoms with E-state index in [-0.39, 0.29) is 17.1 Å². The number of halogens is 1. The summed E-state index contributed by atoms with van der Waals surface area (Å²) in [6.45, 7) is 4.36. The number of hydrogen-bond donors (Lipinski definition) is 3. The first-order chi connectivity index (χ1) is 20.2. The molecule has 222 valence electrons. The third-order valence-corrected chi connectivity index (χ3v) is 6.98. The smallest absolute Gasteiger partial charge is 0.280 e. The molecular formula is C30H35FN6O5. The van der Waals surface area contributed by atoms with E-state index in [2.05, 4.69) is 20.1 Å². The zero-order valence-corrected chi connectivity index (χ0v) is 23.9. The lowest BCUT2D eigenvalue weighted by Crippen LogP contribution is -2.45. The second kappa shape index (κ2) is 13.8. The fourth-order valence-electron chi connectivity index (χ4n) is 4.82. The lowest BCUT2D eigenvalue weighted by atomic mass is 10.1. The molecule has 12 heteroatoms. The molecule has 0 unspecified atom stereocenters. The molecular weight excluding hydrogens is 543 g/mol. The molecule has 0 radical (unpaired) electrons. The van der Waals surface area contributed by atoms with Crippen molar-refractivity contribution in [2.24, 2.45) is 16.5 Å². The van der Waals surface area contributed by atoms with E-state index in [1.165, 1.54) is 24.3 Å². The maximum Gasteiger partial charge on any atom is 0.280 e. The zero-order chi connectivity index (χ0) is 30.2. The molecule has 1 heterocycles. The Labute approximate surface area is 243 Å². The summed E-state index contributed by atoms with van der Waals surface area (Å²) in [5.41, 5.74) is 13.5. The van der Waals surface area contributed by atoms with Gasteiger partial charge in [-0.1, -0.05) is 12.1 Å². The van der Waals surface area contributed by atoms with Crippen LogP contribution < -0.4 is 31.0 Å². The van der Waals surface area contributed by atoms with Crippen LogP contribution in [0, 0.1) is 5.82 Å². The van der Waals surface area contributed by atoms with Crippen LogP contribution in [0.25, 0.3) is 0 Å². The molecule has 1 saturated heterocycles. The number of benzene rings is 3. The molecule has 0 spiro atoms. The van der Waals surface area contributed by atoms with Gasteiger partial charge in [0, 0.05) is 61.6 Å². The van der Waals surface area contributed by atoms with E-state index >= 15 is 0 Å². The molecule has 42 heavy (non-hydrogen) atoms. The SMILES string of the molecule is COc1ccc(CN2CCN(Cc3ccc(C(=O)N=C(N)N)cc3NC(=O)c3ccc(F)cc3)CC2)c(OC)c1OC. The fourth-order valence-corrected chi connectivity index (χ4v) is 4.82. The monoisotopic (exact) mass is 578 g/mol. The number of methoxy groups -OCH3 is 3. The first-order valence-electron chi connectivity index (χ1n) is 13.3. The number of nitrogens with two attached hydrogens (primary N) is 2. The minimum Gasteiger partial charge on any atom is -0.493 e. The summed E-state index contributed by atoms with van der Waals surface area (Å²) in [5.74, 6) is -0.0414. The van der Waals surface area contributed by atoms with Crippen LogP contribution in [0.1, 0.15) is 31.8 Å². The Morgan fingerprint density at radius 3 is 1.95 bits per heavy atom. The van der Waals surface area contributed by atoms with Crippen LogP contribution in [-0.2, 0) is 13.1 Å². The van der Waals surface area contributed by atoms with Crippen molar-refractivity contribution >= 4 is 23.5 Å². The second-order valence-electron chi connectivity index (χ2n) is 9.72. The minimum absolute atomic E-state index is 0.218. The first kappa shape index (κ1) is 30.3. The quantitative estimate of drug-likeness (QED) is 0.244. The van der Waals surface area contributed by atoms with Gasteiger partial charge in [0.15, 0.2) is 17.5 Å². The maximum atomic E-state index is 13.4. The fraction of sp³-hybridized carbons (Fsp3) is 0.300. The van der Waals surface area contributed by atoms with Gasteiger partial charge in [-0.2, -0.15) is 4.99 Å². The van der Waals surface area contributed by atoms with E-state index in [0.29, 0.717) is 36.0 Å². The lowest BCUT2D eigenvalue weighted by molar-refractivity contribution is 0.0997. The predicted octanol–water partition coefficient (Wildman–Crippen LogP) is 2.84. The van der Waals surface area contributed by atoms with Crippen LogP contribution in [0.2, 0.25) is 0 Å². The summed E-state index contributed by atoms with van der Waals surface area (Å²) < 4.78 is 29.9. The van der Waals surface area contributed by atoms with Crippen LogP contribution in [0.3, 0.4) is 0 Å². The van der Waals surface area contributed by atoms with Gasteiger partial charge in [0.05, 0.1) is 21.3 Å². The van der Waals surface area contributed by atoms with Crippen molar-refractivity contribution in [3.8, 4) is 17.2 Å². The Bertz CT molecular complexity index is 1450. The molecule has 1 aliphatic heterocycles. The summed E-state index contributed by atoms with van der Waals surface area (Å²) in [7, 11) is 4.79. The summed E-state index contributed by atoms with van der Waals surface area (Å²) >= 11 is 0. The Kier molecular flexibility index (Phi) is 9.94. The molecule has 5 N–H and O–H groups in total. The highest BCUT2D eigenvalue weighted by Crippen LogP contribution is 2.40. The number of piperazine rings is 1. The molecule has 3 aromatic rings. The number of amides is 2. The minimum atomic E-state index is -0.627. The Morgan fingerprint density at radius 2 is 1.38 bits per heavy atom. The summed E-state index contributed by atoms with van der Waals surface area (Å²) in [6.07, 6.45) is 0. The number of aliphatic imine (C=N–C) groups is 1. The number of anilines is 1. The largest absolute Gasteiger partial charge is 0.493 e. The Hall–Kier alpha value is -4.68. The summed E-state index contributed by atoms with van der Waals surface area (Å²) in [4.78, 5) is 33.6. The van der Waals surface area contributed by atoms with Crippen molar-refractivity contribution in [1.82, 2.24) is 9.80 Å². The summed E-state index contributed by atoms with van der Waals surface area (Å²) in [6, 6.07) is 14.0. The van der Waals surface area contributed by atoms with Gasteiger partial charge < -0.3 is 31.0 Å². The average molecular weight is 579 g/mol. The Morgan fingerprint density at radius 1 is 0.810 bits per heavy atom. The van der Waals surface area contributed by atoms with Crippen LogP contribution in [0.5, 0.6) is 17.2 Å². The van der Waals surface area contributed by atoms with Gasteiger partial charge in [-0.25, -0.2) is 4.39 Å². The lowest BCUT2D eigenvalue weighted by Gasteiger charge is -2.35. The molecule has 0 saturated carbocycles. The van der Waals surface area contributed by atoms with Crippen LogP contribution in [0.15, 0.2) is 59.6 Å². The molecule has 0 bridgehead atoms. The van der Waals surface area contributed by atoms with Crippen LogP contribution in [-0.4, -0.2) is 75.1 Å². The Balaban J connectivity index is 1.47. The van der Waals surface area contributed by atoms with Crippen LogP contribution >= 0.6 is 0 Å². The standard InChI is InChI=1S/C30H35FN6O5/c1-40-25-11-8-22(26(41-2)27(25)42-3)18-37-14-12-36(13-15-37)17-21-5-4-20(29(39)35-30(32)33)16-24(21)34-28(38)19-6-9-23(31)10-7-19/h4-11,16H,12-15,17-18H2,1-3H3,(H,34,38)(H4,32,33,35,39). The van der Waals surface area contributed by atoms with Gasteiger partial charge in [-0.05, 0) is 48.0 Å². The molecule has 0 aliphatic carbocycles. The number of rotatable bonds is 10. The van der Waals surface area contributed by atoms with Gasteiger partial charge in [0.1, 0.15) is 5.82 Å². The molecule has 3 aromatic carbocycles. The third kappa shape index (κ3) is 7.33. The molecule has 0 aromatic heterocycles. The normalized spacial score (nSPS) is 13.7. The van der Waals surface area contributed by atoms with Crippen molar-refractivity contribution < 1.29 is 28.2 Å². The first-order valence-corrected chi connectivity index (χ1v) is 13.3. The molecule has 1 fully saturated rings. The number of guanidine groups is 1.